The standard InChI is InChI=1S/C23H24N4O2/c1-16-13-18-5-3-4-6-21(18)27(16)23(28)20-14-26-22(15-25-20)24-12-11-17-7-9-19(29-2)10-8-17/h3-10,14-16H,11-13H2,1-2H3,(H,24,26). The summed E-state index contributed by atoms with van der Waals surface area (Å²) in [5, 5.41) is 3.25. The number of carbonyl (C=O) groups is 1. The molecule has 1 N–H and O–H groups in total. The Morgan fingerprint density at radius 3 is 2.66 bits per heavy atom. The maximum Gasteiger partial charge on any atom is 0.278 e. The van der Waals surface area contributed by atoms with Crippen molar-refractivity contribution >= 4 is 17.4 Å². The predicted molar refractivity (Wildman–Crippen MR) is 114 cm³/mol. The minimum atomic E-state index is -0.111. The van der Waals surface area contributed by atoms with Gasteiger partial charge in [0.05, 0.1) is 19.5 Å². The van der Waals surface area contributed by atoms with Gasteiger partial charge in [-0.1, -0.05) is 30.3 Å². The van der Waals surface area contributed by atoms with E-state index in [2.05, 4.69) is 28.3 Å². The Morgan fingerprint density at radius 1 is 1.14 bits per heavy atom. The number of carbonyl (C=O) groups excluding carboxylic acids is 1. The second-order valence-corrected chi connectivity index (χ2v) is 7.17. The van der Waals surface area contributed by atoms with Gasteiger partial charge in [0.2, 0.25) is 0 Å². The molecular weight excluding hydrogens is 364 g/mol. The highest BCUT2D eigenvalue weighted by molar-refractivity contribution is 6.06. The van der Waals surface area contributed by atoms with Crippen LogP contribution < -0.4 is 15.0 Å². The fourth-order valence-corrected chi connectivity index (χ4v) is 3.66. The molecule has 3 aromatic rings. The summed E-state index contributed by atoms with van der Waals surface area (Å²) in [4.78, 5) is 23.5. The van der Waals surface area contributed by atoms with Crippen LogP contribution >= 0.6 is 0 Å². The van der Waals surface area contributed by atoms with Crippen molar-refractivity contribution in [1.82, 2.24) is 9.97 Å². The minimum absolute atomic E-state index is 0.111. The molecule has 4 rings (SSSR count). The Morgan fingerprint density at radius 2 is 1.93 bits per heavy atom. The van der Waals surface area contributed by atoms with Gasteiger partial charge in [0.15, 0.2) is 0 Å². The zero-order chi connectivity index (χ0) is 20.2. The fraction of sp³-hybridized carbons (Fsp3) is 0.261. The van der Waals surface area contributed by atoms with Crippen LogP contribution in [0.15, 0.2) is 60.9 Å². The van der Waals surface area contributed by atoms with Gasteiger partial charge in [0, 0.05) is 18.3 Å². The third kappa shape index (κ3) is 4.06. The number of fused-ring (bicyclic) bond motifs is 1. The maximum absolute atomic E-state index is 13.0. The largest absolute Gasteiger partial charge is 0.497 e. The minimum Gasteiger partial charge on any atom is -0.497 e. The van der Waals surface area contributed by atoms with Gasteiger partial charge in [-0.3, -0.25) is 4.79 Å². The van der Waals surface area contributed by atoms with Crippen molar-refractivity contribution in [2.45, 2.75) is 25.8 Å². The van der Waals surface area contributed by atoms with Gasteiger partial charge in [-0.05, 0) is 49.1 Å². The first-order valence-electron chi connectivity index (χ1n) is 9.76. The molecule has 0 radical (unpaired) electrons. The number of rotatable bonds is 6. The smallest absolute Gasteiger partial charge is 0.278 e. The van der Waals surface area contributed by atoms with E-state index in [1.54, 1.807) is 19.5 Å². The summed E-state index contributed by atoms with van der Waals surface area (Å²) >= 11 is 0. The van der Waals surface area contributed by atoms with Crippen molar-refractivity contribution in [1.29, 1.82) is 0 Å². The third-order valence-corrected chi connectivity index (χ3v) is 5.18. The molecule has 2 heterocycles. The van der Waals surface area contributed by atoms with E-state index in [1.165, 1.54) is 11.1 Å². The molecule has 6 heteroatoms. The normalized spacial score (nSPS) is 15.1. The molecule has 1 aromatic heterocycles. The number of para-hydroxylation sites is 1. The summed E-state index contributed by atoms with van der Waals surface area (Å²) in [6.45, 7) is 2.78. The number of hydrogen-bond acceptors (Lipinski definition) is 5. The number of nitrogens with zero attached hydrogens (tertiary/aromatic N) is 3. The number of nitrogens with one attached hydrogen (secondary N) is 1. The second kappa shape index (κ2) is 8.31. The van der Waals surface area contributed by atoms with Crippen LogP contribution in [0.2, 0.25) is 0 Å². The SMILES string of the molecule is COc1ccc(CCNc2cnc(C(=O)N3c4ccccc4CC3C)cn2)cc1. The van der Waals surface area contributed by atoms with E-state index >= 15 is 0 Å². The Kier molecular flexibility index (Phi) is 5.42. The highest BCUT2D eigenvalue weighted by Gasteiger charge is 2.31. The van der Waals surface area contributed by atoms with Crippen molar-refractivity contribution in [2.24, 2.45) is 0 Å². The van der Waals surface area contributed by atoms with Crippen molar-refractivity contribution < 1.29 is 9.53 Å². The summed E-state index contributed by atoms with van der Waals surface area (Å²) in [6, 6.07) is 16.1. The molecule has 1 aliphatic rings. The van der Waals surface area contributed by atoms with Crippen LogP contribution in [-0.2, 0) is 12.8 Å². The summed E-state index contributed by atoms with van der Waals surface area (Å²) in [5.74, 6) is 1.40. The molecule has 2 aromatic carbocycles. The van der Waals surface area contributed by atoms with E-state index in [1.807, 2.05) is 47.4 Å². The summed E-state index contributed by atoms with van der Waals surface area (Å²) in [5.41, 5.74) is 3.72. The van der Waals surface area contributed by atoms with Crippen LogP contribution in [0.3, 0.4) is 0 Å². The van der Waals surface area contributed by atoms with E-state index < -0.39 is 0 Å². The average molecular weight is 388 g/mol. The van der Waals surface area contributed by atoms with E-state index in [9.17, 15) is 4.79 Å². The van der Waals surface area contributed by atoms with Crippen LogP contribution in [0.1, 0.15) is 28.5 Å². The number of anilines is 2. The molecule has 0 spiro atoms. The molecule has 0 saturated heterocycles. The third-order valence-electron chi connectivity index (χ3n) is 5.18. The van der Waals surface area contributed by atoms with Crippen molar-refractivity contribution in [3.63, 3.8) is 0 Å². The Bertz CT molecular complexity index is 987. The Balaban J connectivity index is 1.37. The highest BCUT2D eigenvalue weighted by atomic mass is 16.5. The maximum atomic E-state index is 13.0. The summed E-state index contributed by atoms with van der Waals surface area (Å²) < 4.78 is 5.17. The first-order chi connectivity index (χ1) is 14.2. The Labute approximate surface area is 170 Å². The molecule has 0 aliphatic carbocycles. The number of methoxy groups -OCH3 is 1. The number of hydrogen-bond donors (Lipinski definition) is 1. The zero-order valence-corrected chi connectivity index (χ0v) is 16.6. The van der Waals surface area contributed by atoms with Crippen LogP contribution in [0.5, 0.6) is 5.75 Å². The Hall–Kier alpha value is -3.41. The van der Waals surface area contributed by atoms with Crippen molar-refractivity contribution in [2.75, 3.05) is 23.9 Å². The molecule has 0 bridgehead atoms. The van der Waals surface area contributed by atoms with Crippen molar-refractivity contribution in [3.05, 3.63) is 77.7 Å². The molecule has 0 fully saturated rings. The highest BCUT2D eigenvalue weighted by Crippen LogP contribution is 2.32. The summed E-state index contributed by atoms with van der Waals surface area (Å²) in [7, 11) is 1.66. The van der Waals surface area contributed by atoms with Crippen LogP contribution in [-0.4, -0.2) is 35.6 Å². The first kappa shape index (κ1) is 18.9. The van der Waals surface area contributed by atoms with Crippen LogP contribution in [0.4, 0.5) is 11.5 Å². The molecule has 1 amide bonds. The van der Waals surface area contributed by atoms with Crippen LogP contribution in [0.25, 0.3) is 0 Å². The first-order valence-corrected chi connectivity index (χ1v) is 9.76. The fourth-order valence-electron chi connectivity index (χ4n) is 3.66. The molecule has 1 atom stereocenters. The summed E-state index contributed by atoms with van der Waals surface area (Å²) in [6.07, 6.45) is 4.88. The molecule has 29 heavy (non-hydrogen) atoms. The lowest BCUT2D eigenvalue weighted by Crippen LogP contribution is -2.36. The van der Waals surface area contributed by atoms with E-state index in [0.717, 1.165) is 30.8 Å². The van der Waals surface area contributed by atoms with Crippen LogP contribution in [0, 0.1) is 0 Å². The lowest BCUT2D eigenvalue weighted by molar-refractivity contribution is 0.0976. The average Bonchev–Trinajstić information content (AvgIpc) is 3.10. The van der Waals surface area contributed by atoms with E-state index in [0.29, 0.717) is 11.5 Å². The number of ether oxygens (including phenoxy) is 1. The predicted octanol–water partition coefficient (Wildman–Crippen LogP) is 3.73. The molecule has 6 nitrogen and oxygen atoms in total. The van der Waals surface area contributed by atoms with Gasteiger partial charge >= 0.3 is 0 Å². The lowest BCUT2D eigenvalue weighted by atomic mass is 10.1. The monoisotopic (exact) mass is 388 g/mol. The van der Waals surface area contributed by atoms with Crippen molar-refractivity contribution in [3.8, 4) is 5.75 Å². The topological polar surface area (TPSA) is 67.3 Å². The number of aromatic nitrogens is 2. The zero-order valence-electron chi connectivity index (χ0n) is 16.6. The number of benzene rings is 2. The molecule has 1 aliphatic heterocycles. The molecule has 0 saturated carbocycles. The van der Waals surface area contributed by atoms with Gasteiger partial charge < -0.3 is 15.0 Å². The van der Waals surface area contributed by atoms with Gasteiger partial charge in [-0.25, -0.2) is 9.97 Å². The van der Waals surface area contributed by atoms with E-state index in [4.69, 9.17) is 4.74 Å². The van der Waals surface area contributed by atoms with Gasteiger partial charge in [-0.15, -0.1) is 0 Å². The molecule has 148 valence electrons. The van der Waals surface area contributed by atoms with Gasteiger partial charge in [-0.2, -0.15) is 0 Å². The number of amides is 1. The van der Waals surface area contributed by atoms with Gasteiger partial charge in [0.1, 0.15) is 17.3 Å². The van der Waals surface area contributed by atoms with E-state index in [-0.39, 0.29) is 11.9 Å². The quantitative estimate of drug-likeness (QED) is 0.697. The van der Waals surface area contributed by atoms with Gasteiger partial charge in [0.25, 0.3) is 5.91 Å². The molecule has 1 unspecified atom stereocenters. The lowest BCUT2D eigenvalue weighted by Gasteiger charge is -2.22. The second-order valence-electron chi connectivity index (χ2n) is 7.17. The molecular formula is C23H24N4O2.